The lowest BCUT2D eigenvalue weighted by atomic mass is 9.92. The van der Waals surface area contributed by atoms with Gasteiger partial charge in [-0.05, 0) is 31.9 Å². The molecule has 194 valence electrons. The monoisotopic (exact) mass is 510 g/mol. The molecule has 1 saturated heterocycles. The fourth-order valence-electron chi connectivity index (χ4n) is 3.62. The number of anilines is 1. The number of alkyl halides is 6. The smallest absolute Gasteiger partial charge is 0.378 e. The summed E-state index contributed by atoms with van der Waals surface area (Å²) in [6, 6.07) is 2.50. The van der Waals surface area contributed by atoms with Gasteiger partial charge in [0.2, 0.25) is 5.89 Å². The molecular formula is C21H24F6N4O4. The van der Waals surface area contributed by atoms with Gasteiger partial charge in [0.25, 0.3) is 5.60 Å². The second-order valence-corrected chi connectivity index (χ2v) is 7.98. The van der Waals surface area contributed by atoms with Gasteiger partial charge in [0, 0.05) is 37.3 Å². The summed E-state index contributed by atoms with van der Waals surface area (Å²) in [6.45, 7) is 2.98. The Morgan fingerprint density at radius 1 is 1.06 bits per heavy atom. The van der Waals surface area contributed by atoms with E-state index in [-0.39, 0.29) is 25.3 Å². The third kappa shape index (κ3) is 5.86. The molecule has 1 aliphatic heterocycles. The van der Waals surface area contributed by atoms with E-state index in [2.05, 4.69) is 10.1 Å². The Morgan fingerprint density at radius 2 is 1.66 bits per heavy atom. The summed E-state index contributed by atoms with van der Waals surface area (Å²) in [5, 5.41) is 13.3. The first kappa shape index (κ1) is 26.7. The Balaban J connectivity index is 1.81. The summed E-state index contributed by atoms with van der Waals surface area (Å²) in [4.78, 5) is 19.9. The van der Waals surface area contributed by atoms with Crippen molar-refractivity contribution in [2.45, 2.75) is 44.1 Å². The van der Waals surface area contributed by atoms with E-state index in [1.54, 1.807) is 6.92 Å². The van der Waals surface area contributed by atoms with Gasteiger partial charge in [0.15, 0.2) is 5.82 Å². The number of ether oxygens (including phenoxy) is 1. The number of aliphatic hydroxyl groups is 1. The fourth-order valence-corrected chi connectivity index (χ4v) is 3.62. The predicted molar refractivity (Wildman–Crippen MR) is 110 cm³/mol. The van der Waals surface area contributed by atoms with Crippen LogP contribution in [-0.4, -0.2) is 71.4 Å². The van der Waals surface area contributed by atoms with Crippen molar-refractivity contribution >= 4 is 11.7 Å². The molecule has 1 aliphatic rings. The van der Waals surface area contributed by atoms with Crippen LogP contribution in [0.3, 0.4) is 0 Å². The van der Waals surface area contributed by atoms with Gasteiger partial charge in [0.1, 0.15) is 0 Å². The first-order valence-electron chi connectivity index (χ1n) is 10.7. The van der Waals surface area contributed by atoms with Gasteiger partial charge in [-0.1, -0.05) is 17.3 Å². The predicted octanol–water partition coefficient (Wildman–Crippen LogP) is 3.97. The topological polar surface area (TPSA) is 91.9 Å². The Morgan fingerprint density at radius 3 is 2.17 bits per heavy atom. The molecule has 0 bridgehead atoms. The molecule has 1 N–H and O–H groups in total. The van der Waals surface area contributed by atoms with Gasteiger partial charge in [0.05, 0.1) is 13.2 Å². The number of hydrogen-bond donors (Lipinski definition) is 1. The molecule has 1 aromatic heterocycles. The zero-order valence-corrected chi connectivity index (χ0v) is 18.7. The highest BCUT2D eigenvalue weighted by Crippen LogP contribution is 2.50. The van der Waals surface area contributed by atoms with Gasteiger partial charge in [-0.3, -0.25) is 4.90 Å². The van der Waals surface area contributed by atoms with E-state index in [1.165, 1.54) is 9.80 Å². The quantitative estimate of drug-likeness (QED) is 0.448. The van der Waals surface area contributed by atoms with Crippen LogP contribution < -0.4 is 4.90 Å². The molecule has 3 rings (SSSR count). The summed E-state index contributed by atoms with van der Waals surface area (Å²) in [6.07, 6.45) is -10.6. The van der Waals surface area contributed by atoms with Gasteiger partial charge < -0.3 is 19.3 Å². The van der Waals surface area contributed by atoms with E-state index in [4.69, 9.17) is 9.26 Å². The van der Waals surface area contributed by atoms with Gasteiger partial charge in [-0.2, -0.15) is 31.3 Å². The van der Waals surface area contributed by atoms with Crippen LogP contribution in [0.2, 0.25) is 0 Å². The molecular weight excluding hydrogens is 486 g/mol. The standard InChI is InChI=1S/C21H24F6N4O4/c1-14-28-17(35-29-14)4-2-3-9-31(18(32)30-10-12-34-13-11-30)16-7-5-15(6-8-16)19(33,20(22,23)24)21(25,26)27/h5-8,33H,2-4,9-13H2,1H3. The third-order valence-corrected chi connectivity index (χ3v) is 5.52. The zero-order chi connectivity index (χ0) is 25.9. The molecule has 0 saturated carbocycles. The van der Waals surface area contributed by atoms with E-state index >= 15 is 0 Å². The van der Waals surface area contributed by atoms with Crippen molar-refractivity contribution in [2.75, 3.05) is 37.7 Å². The van der Waals surface area contributed by atoms with Crippen LogP contribution in [0, 0.1) is 6.92 Å². The number of rotatable bonds is 7. The van der Waals surface area contributed by atoms with Crippen LogP contribution >= 0.6 is 0 Å². The molecule has 0 atom stereocenters. The molecule has 2 aromatic rings. The van der Waals surface area contributed by atoms with Crippen LogP contribution in [0.25, 0.3) is 0 Å². The van der Waals surface area contributed by atoms with Crippen LogP contribution in [0.1, 0.15) is 30.1 Å². The molecule has 1 aromatic carbocycles. The number of unbranched alkanes of at least 4 members (excludes halogenated alkanes) is 1. The first-order valence-corrected chi connectivity index (χ1v) is 10.7. The molecule has 2 amide bonds. The summed E-state index contributed by atoms with van der Waals surface area (Å²) in [5.74, 6) is 0.887. The first-order chi connectivity index (χ1) is 16.3. The summed E-state index contributed by atoms with van der Waals surface area (Å²) >= 11 is 0. The molecule has 0 unspecified atom stereocenters. The highest BCUT2D eigenvalue weighted by molar-refractivity contribution is 5.92. The number of amides is 2. The van der Waals surface area contributed by atoms with E-state index in [9.17, 15) is 36.2 Å². The number of hydrogen-bond acceptors (Lipinski definition) is 6. The molecule has 0 radical (unpaired) electrons. The average molecular weight is 510 g/mol. The van der Waals surface area contributed by atoms with Crippen molar-refractivity contribution in [3.8, 4) is 0 Å². The van der Waals surface area contributed by atoms with Crippen molar-refractivity contribution in [3.63, 3.8) is 0 Å². The minimum atomic E-state index is -6.00. The Labute approximate surface area is 196 Å². The molecule has 35 heavy (non-hydrogen) atoms. The van der Waals surface area contributed by atoms with E-state index in [1.807, 2.05) is 0 Å². The number of aryl methyl sites for hydroxylation is 2. The number of aromatic nitrogens is 2. The number of benzene rings is 1. The molecule has 14 heteroatoms. The summed E-state index contributed by atoms with van der Waals surface area (Å²) in [7, 11) is 0. The Hall–Kier alpha value is -2.87. The lowest BCUT2D eigenvalue weighted by molar-refractivity contribution is -0.376. The molecule has 8 nitrogen and oxygen atoms in total. The minimum absolute atomic E-state index is 0.0885. The second kappa shape index (κ2) is 10.4. The normalized spacial score (nSPS) is 15.4. The van der Waals surface area contributed by atoms with E-state index in [0.717, 1.165) is 12.1 Å². The maximum atomic E-state index is 13.2. The Kier molecular flexibility index (Phi) is 7.94. The van der Waals surface area contributed by atoms with Gasteiger partial charge >= 0.3 is 18.4 Å². The van der Waals surface area contributed by atoms with Crippen molar-refractivity contribution in [3.05, 3.63) is 41.5 Å². The number of halogens is 6. The fraction of sp³-hybridized carbons (Fsp3) is 0.571. The summed E-state index contributed by atoms with van der Waals surface area (Å²) in [5.41, 5.74) is -6.35. The lowest BCUT2D eigenvalue weighted by Gasteiger charge is -2.34. The second-order valence-electron chi connectivity index (χ2n) is 7.98. The number of carbonyl (C=O) groups is 1. The SMILES string of the molecule is Cc1noc(CCCCN(C(=O)N2CCOCC2)c2ccc(C(O)(C(F)(F)F)C(F)(F)F)cc2)n1. The maximum absolute atomic E-state index is 13.2. The van der Waals surface area contributed by atoms with Crippen molar-refractivity contribution in [2.24, 2.45) is 0 Å². The lowest BCUT2D eigenvalue weighted by Crippen LogP contribution is -2.54. The number of urea groups is 1. The van der Waals surface area contributed by atoms with E-state index < -0.39 is 29.5 Å². The summed E-state index contributed by atoms with van der Waals surface area (Å²) < 4.78 is 89.4. The van der Waals surface area contributed by atoms with Crippen molar-refractivity contribution < 1.29 is 45.5 Å². The van der Waals surface area contributed by atoms with Crippen LogP contribution in [0.5, 0.6) is 0 Å². The van der Waals surface area contributed by atoms with E-state index in [0.29, 0.717) is 56.3 Å². The Bertz CT molecular complexity index is 973. The van der Waals surface area contributed by atoms with Crippen molar-refractivity contribution in [1.82, 2.24) is 15.0 Å². The third-order valence-electron chi connectivity index (χ3n) is 5.52. The minimum Gasteiger partial charge on any atom is -0.378 e. The largest absolute Gasteiger partial charge is 0.430 e. The molecule has 0 spiro atoms. The van der Waals surface area contributed by atoms with Gasteiger partial charge in [-0.25, -0.2) is 4.79 Å². The van der Waals surface area contributed by atoms with Crippen LogP contribution in [-0.2, 0) is 16.8 Å². The number of morpholine rings is 1. The highest BCUT2D eigenvalue weighted by Gasteiger charge is 2.71. The highest BCUT2D eigenvalue weighted by atomic mass is 19.4. The molecule has 2 heterocycles. The molecule has 0 aliphatic carbocycles. The number of carbonyl (C=O) groups excluding carboxylic acids is 1. The van der Waals surface area contributed by atoms with Crippen LogP contribution in [0.4, 0.5) is 36.8 Å². The van der Waals surface area contributed by atoms with Crippen LogP contribution in [0.15, 0.2) is 28.8 Å². The van der Waals surface area contributed by atoms with Gasteiger partial charge in [-0.15, -0.1) is 0 Å². The number of nitrogens with zero attached hydrogens (tertiary/aromatic N) is 4. The molecule has 1 fully saturated rings. The average Bonchev–Trinajstić information content (AvgIpc) is 3.22. The zero-order valence-electron chi connectivity index (χ0n) is 18.7. The van der Waals surface area contributed by atoms with Crippen molar-refractivity contribution in [1.29, 1.82) is 0 Å². The maximum Gasteiger partial charge on any atom is 0.430 e.